The molecule has 1 heterocycles. The summed E-state index contributed by atoms with van der Waals surface area (Å²) in [4.78, 5) is 20.4. The first-order chi connectivity index (χ1) is 10.6. The quantitative estimate of drug-likeness (QED) is 0.793. The minimum atomic E-state index is -0.926. The Hall–Kier alpha value is -2.37. The monoisotopic (exact) mass is 300 g/mol. The molecule has 6 heteroatoms. The van der Waals surface area contributed by atoms with E-state index in [0.29, 0.717) is 12.4 Å². The Kier molecular flexibility index (Phi) is 3.83. The topological polar surface area (TPSA) is 100 Å². The van der Waals surface area contributed by atoms with Crippen molar-refractivity contribution in [2.75, 3.05) is 0 Å². The van der Waals surface area contributed by atoms with Crippen LogP contribution in [0.2, 0.25) is 0 Å². The number of rotatable bonds is 3. The summed E-state index contributed by atoms with van der Waals surface area (Å²) in [7, 11) is 0. The van der Waals surface area contributed by atoms with Crippen molar-refractivity contribution >= 4 is 17.8 Å². The van der Waals surface area contributed by atoms with Crippen LogP contribution >= 0.6 is 0 Å². The number of carboxylic acid groups (broad SMARTS) is 1. The van der Waals surface area contributed by atoms with Crippen molar-refractivity contribution in [1.82, 2.24) is 5.32 Å². The number of nitrogens with one attached hydrogen (secondary N) is 1. The molecule has 0 radical (unpaired) electrons. The SMILES string of the molecule is NC1=NC2(CCCCC2)N=C(Cc2cccc(C(=O)O)c2)N1. The van der Waals surface area contributed by atoms with Gasteiger partial charge in [-0.15, -0.1) is 0 Å². The fourth-order valence-electron chi connectivity index (χ4n) is 3.14. The first-order valence-electron chi connectivity index (χ1n) is 7.60. The van der Waals surface area contributed by atoms with Crippen LogP contribution in [0.25, 0.3) is 0 Å². The van der Waals surface area contributed by atoms with Crippen LogP contribution in [-0.4, -0.2) is 28.5 Å². The maximum Gasteiger partial charge on any atom is 0.335 e. The van der Waals surface area contributed by atoms with E-state index in [1.165, 1.54) is 6.42 Å². The number of aromatic carboxylic acids is 1. The molecule has 1 aliphatic carbocycles. The predicted molar refractivity (Wildman–Crippen MR) is 85.1 cm³/mol. The van der Waals surface area contributed by atoms with Crippen LogP contribution in [-0.2, 0) is 6.42 Å². The zero-order valence-electron chi connectivity index (χ0n) is 12.4. The number of hydrogen-bond donors (Lipinski definition) is 3. The third-order valence-electron chi connectivity index (χ3n) is 4.14. The molecule has 22 heavy (non-hydrogen) atoms. The minimum Gasteiger partial charge on any atom is -0.478 e. The van der Waals surface area contributed by atoms with E-state index in [-0.39, 0.29) is 5.56 Å². The van der Waals surface area contributed by atoms with Gasteiger partial charge in [0.1, 0.15) is 5.84 Å². The number of nitrogens with two attached hydrogens (primary N) is 1. The molecular formula is C16H20N4O2. The summed E-state index contributed by atoms with van der Waals surface area (Å²) in [6.45, 7) is 0. The van der Waals surface area contributed by atoms with Gasteiger partial charge in [0.05, 0.1) is 5.56 Å². The molecule has 1 spiro atoms. The molecule has 0 amide bonds. The number of carboxylic acids is 1. The summed E-state index contributed by atoms with van der Waals surface area (Å²) in [5.41, 5.74) is 6.69. The van der Waals surface area contributed by atoms with Crippen molar-refractivity contribution in [3.05, 3.63) is 35.4 Å². The Bertz CT molecular complexity index is 645. The molecule has 0 aromatic heterocycles. The van der Waals surface area contributed by atoms with E-state index >= 15 is 0 Å². The van der Waals surface area contributed by atoms with Crippen LogP contribution in [0.3, 0.4) is 0 Å². The summed E-state index contributed by atoms with van der Waals surface area (Å²) < 4.78 is 0. The van der Waals surface area contributed by atoms with Gasteiger partial charge in [-0.1, -0.05) is 18.6 Å². The second-order valence-corrected chi connectivity index (χ2v) is 5.91. The Labute approximate surface area is 129 Å². The Morgan fingerprint density at radius 3 is 2.77 bits per heavy atom. The van der Waals surface area contributed by atoms with Crippen LogP contribution in [0.1, 0.15) is 48.0 Å². The van der Waals surface area contributed by atoms with Gasteiger partial charge in [-0.3, -0.25) is 0 Å². The average molecular weight is 300 g/mol. The second-order valence-electron chi connectivity index (χ2n) is 5.91. The van der Waals surface area contributed by atoms with Crippen LogP contribution in [0, 0.1) is 0 Å². The first-order valence-corrected chi connectivity index (χ1v) is 7.60. The fourth-order valence-corrected chi connectivity index (χ4v) is 3.14. The van der Waals surface area contributed by atoms with E-state index in [0.717, 1.165) is 37.1 Å². The van der Waals surface area contributed by atoms with Crippen molar-refractivity contribution < 1.29 is 9.90 Å². The minimum absolute atomic E-state index is 0.280. The number of benzene rings is 1. The number of aliphatic imine (C=N–C) groups is 2. The van der Waals surface area contributed by atoms with Crippen LogP contribution in [0.15, 0.2) is 34.3 Å². The zero-order valence-corrected chi connectivity index (χ0v) is 12.4. The molecule has 0 unspecified atom stereocenters. The molecule has 116 valence electrons. The molecule has 1 aromatic carbocycles. The third-order valence-corrected chi connectivity index (χ3v) is 4.14. The first kappa shape index (κ1) is 14.6. The van der Waals surface area contributed by atoms with Crippen molar-refractivity contribution in [3.63, 3.8) is 0 Å². The summed E-state index contributed by atoms with van der Waals surface area (Å²) in [5, 5.41) is 12.1. The van der Waals surface area contributed by atoms with E-state index in [2.05, 4.69) is 10.3 Å². The van der Waals surface area contributed by atoms with Crippen molar-refractivity contribution in [2.45, 2.75) is 44.2 Å². The number of guanidine groups is 1. The normalized spacial score (nSPS) is 20.0. The molecule has 4 N–H and O–H groups in total. The van der Waals surface area contributed by atoms with Crippen LogP contribution in [0.5, 0.6) is 0 Å². The largest absolute Gasteiger partial charge is 0.478 e. The number of amidine groups is 1. The molecule has 2 aliphatic rings. The lowest BCUT2D eigenvalue weighted by Gasteiger charge is -2.34. The van der Waals surface area contributed by atoms with Gasteiger partial charge in [-0.05, 0) is 43.4 Å². The molecule has 1 fully saturated rings. The highest BCUT2D eigenvalue weighted by atomic mass is 16.4. The lowest BCUT2D eigenvalue weighted by molar-refractivity contribution is 0.0696. The molecule has 1 saturated carbocycles. The molecule has 0 bridgehead atoms. The highest BCUT2D eigenvalue weighted by Gasteiger charge is 2.34. The van der Waals surface area contributed by atoms with Gasteiger partial charge in [0, 0.05) is 6.42 Å². The average Bonchev–Trinajstić information content (AvgIpc) is 2.47. The standard InChI is InChI=1S/C16H20N4O2/c17-15-18-13(19-16(20-15)7-2-1-3-8-16)10-11-5-4-6-12(9-11)14(21)22/h4-6,9H,1-3,7-8,10H2,(H,21,22)(H3,17,18,19,20). The summed E-state index contributed by atoms with van der Waals surface area (Å²) in [6, 6.07) is 6.89. The van der Waals surface area contributed by atoms with E-state index in [9.17, 15) is 4.79 Å². The van der Waals surface area contributed by atoms with Gasteiger partial charge < -0.3 is 16.2 Å². The number of nitrogens with zero attached hydrogens (tertiary/aromatic N) is 2. The summed E-state index contributed by atoms with van der Waals surface area (Å²) in [5.74, 6) is 0.239. The fraction of sp³-hybridized carbons (Fsp3) is 0.438. The molecule has 1 aliphatic heterocycles. The van der Waals surface area contributed by atoms with Crippen molar-refractivity contribution in [1.29, 1.82) is 0 Å². The van der Waals surface area contributed by atoms with Gasteiger partial charge in [-0.25, -0.2) is 14.8 Å². The molecule has 0 saturated heterocycles. The Morgan fingerprint density at radius 2 is 2.05 bits per heavy atom. The molecule has 1 aromatic rings. The maximum absolute atomic E-state index is 11.1. The van der Waals surface area contributed by atoms with Gasteiger partial charge in [0.15, 0.2) is 11.6 Å². The molecule has 6 nitrogen and oxygen atoms in total. The van der Waals surface area contributed by atoms with Crippen LogP contribution < -0.4 is 11.1 Å². The lowest BCUT2D eigenvalue weighted by atomic mass is 9.89. The predicted octanol–water partition coefficient (Wildman–Crippen LogP) is 1.90. The Balaban J connectivity index is 1.82. The number of hydrogen-bond acceptors (Lipinski definition) is 5. The van der Waals surface area contributed by atoms with Gasteiger partial charge in [0.2, 0.25) is 0 Å². The zero-order chi connectivity index (χ0) is 15.6. The van der Waals surface area contributed by atoms with Gasteiger partial charge >= 0.3 is 5.97 Å². The maximum atomic E-state index is 11.1. The van der Waals surface area contributed by atoms with E-state index < -0.39 is 11.6 Å². The van der Waals surface area contributed by atoms with E-state index in [1.54, 1.807) is 18.2 Å². The molecule has 3 rings (SSSR count). The second kappa shape index (κ2) is 5.79. The summed E-state index contributed by atoms with van der Waals surface area (Å²) >= 11 is 0. The van der Waals surface area contributed by atoms with E-state index in [4.69, 9.17) is 15.8 Å². The van der Waals surface area contributed by atoms with Gasteiger partial charge in [0.25, 0.3) is 0 Å². The molecular weight excluding hydrogens is 280 g/mol. The van der Waals surface area contributed by atoms with Crippen molar-refractivity contribution in [2.24, 2.45) is 15.7 Å². The highest BCUT2D eigenvalue weighted by Crippen LogP contribution is 2.34. The van der Waals surface area contributed by atoms with Crippen molar-refractivity contribution in [3.8, 4) is 0 Å². The smallest absolute Gasteiger partial charge is 0.335 e. The third kappa shape index (κ3) is 3.10. The molecule has 0 atom stereocenters. The van der Waals surface area contributed by atoms with E-state index in [1.807, 2.05) is 6.07 Å². The highest BCUT2D eigenvalue weighted by molar-refractivity contribution is 6.01. The lowest BCUT2D eigenvalue weighted by Crippen LogP contribution is -2.47. The number of carbonyl (C=O) groups is 1. The summed E-state index contributed by atoms with van der Waals surface area (Å²) in [6.07, 6.45) is 5.82. The Morgan fingerprint density at radius 1 is 1.27 bits per heavy atom. The van der Waals surface area contributed by atoms with Gasteiger partial charge in [-0.2, -0.15) is 0 Å². The van der Waals surface area contributed by atoms with Crippen LogP contribution in [0.4, 0.5) is 0 Å².